The van der Waals surface area contributed by atoms with Crippen molar-refractivity contribution in [1.29, 1.82) is 0 Å². The molecule has 0 bridgehead atoms. The number of carbonyl (C=O) groups excluding carboxylic acids is 1. The van der Waals surface area contributed by atoms with E-state index in [0.29, 0.717) is 11.6 Å². The van der Waals surface area contributed by atoms with Gasteiger partial charge in [-0.05, 0) is 38.1 Å². The predicted octanol–water partition coefficient (Wildman–Crippen LogP) is 0.324. The highest BCUT2D eigenvalue weighted by Gasteiger charge is 2.18. The molecule has 0 spiro atoms. The molecule has 12 heteroatoms. The Bertz CT molecular complexity index is 1580. The average Bonchev–Trinajstić information content (AvgIpc) is 3.18. The van der Waals surface area contributed by atoms with Gasteiger partial charge < -0.3 is 15.0 Å². The van der Waals surface area contributed by atoms with Crippen molar-refractivity contribution >= 4 is 5.91 Å². The van der Waals surface area contributed by atoms with Crippen molar-refractivity contribution < 1.29 is 9.53 Å². The number of para-hydroxylation sites is 2. The molecule has 0 saturated heterocycles. The lowest BCUT2D eigenvalue weighted by atomic mass is 10.2. The number of rotatable bonds is 7. The van der Waals surface area contributed by atoms with Crippen LogP contribution in [-0.2, 0) is 6.54 Å². The molecule has 0 atom stereocenters. The van der Waals surface area contributed by atoms with Crippen LogP contribution in [0.25, 0.3) is 11.5 Å². The highest BCUT2D eigenvalue weighted by molar-refractivity contribution is 5.93. The van der Waals surface area contributed by atoms with E-state index in [1.165, 1.54) is 23.9 Å². The molecule has 0 aliphatic carbocycles. The quantitative estimate of drug-likeness (QED) is 0.390. The lowest BCUT2D eigenvalue weighted by Gasteiger charge is -2.11. The summed E-state index contributed by atoms with van der Waals surface area (Å²) in [7, 11) is 1.41. The number of nitrogens with zero attached hydrogens (tertiary/aromatic N) is 5. The Morgan fingerprint density at radius 2 is 1.86 bits per heavy atom. The van der Waals surface area contributed by atoms with Crippen molar-refractivity contribution in [3.63, 3.8) is 0 Å². The molecule has 35 heavy (non-hydrogen) atoms. The molecule has 0 fully saturated rings. The normalized spacial score (nSPS) is 10.8. The summed E-state index contributed by atoms with van der Waals surface area (Å²) in [6, 6.07) is 11.3. The van der Waals surface area contributed by atoms with Gasteiger partial charge in [-0.2, -0.15) is 5.10 Å². The molecule has 0 aliphatic heterocycles. The molecule has 4 rings (SSSR count). The highest BCUT2D eigenvalue weighted by Crippen LogP contribution is 2.19. The van der Waals surface area contributed by atoms with Gasteiger partial charge in [0.25, 0.3) is 17.0 Å². The number of hydrogen-bond donors (Lipinski definition) is 2. The van der Waals surface area contributed by atoms with Gasteiger partial charge in [0.2, 0.25) is 0 Å². The molecular weight excluding hydrogens is 454 g/mol. The van der Waals surface area contributed by atoms with Crippen LogP contribution in [0.3, 0.4) is 0 Å². The first-order valence-electron chi connectivity index (χ1n) is 10.7. The van der Waals surface area contributed by atoms with Crippen LogP contribution in [0.5, 0.6) is 5.75 Å². The second-order valence-corrected chi connectivity index (χ2v) is 7.67. The molecule has 2 N–H and O–H groups in total. The molecular formula is C23H23N7O5. The van der Waals surface area contributed by atoms with Gasteiger partial charge in [-0.1, -0.05) is 12.1 Å². The largest absolute Gasteiger partial charge is 0.495 e. The average molecular weight is 477 g/mol. The van der Waals surface area contributed by atoms with E-state index in [4.69, 9.17) is 4.74 Å². The number of aromatic nitrogens is 6. The number of methoxy groups -OCH3 is 1. The molecule has 1 amide bonds. The molecule has 0 unspecified atom stereocenters. The van der Waals surface area contributed by atoms with Crippen LogP contribution in [0.4, 0.5) is 0 Å². The Balaban J connectivity index is 1.54. The smallest absolute Gasteiger partial charge is 0.333 e. The fourth-order valence-electron chi connectivity index (χ4n) is 3.61. The van der Waals surface area contributed by atoms with Crippen molar-refractivity contribution in [3.05, 3.63) is 96.8 Å². The molecule has 180 valence electrons. The SMILES string of the molecule is COc1ccccc1-n1c(=O)[nH]cc(C(=O)NCCn2nc(-n3nc(C)cc3C)ccc2=O)c1=O. The summed E-state index contributed by atoms with van der Waals surface area (Å²) in [5.74, 6) is 0.0464. The zero-order valence-electron chi connectivity index (χ0n) is 19.3. The van der Waals surface area contributed by atoms with Gasteiger partial charge >= 0.3 is 5.69 Å². The minimum atomic E-state index is -0.808. The third kappa shape index (κ3) is 4.67. The van der Waals surface area contributed by atoms with E-state index in [-0.39, 0.29) is 29.9 Å². The van der Waals surface area contributed by atoms with Crippen LogP contribution in [0.1, 0.15) is 21.7 Å². The summed E-state index contributed by atoms with van der Waals surface area (Å²) in [4.78, 5) is 52.7. The predicted molar refractivity (Wildman–Crippen MR) is 127 cm³/mol. The number of aryl methyl sites for hydroxylation is 2. The Morgan fingerprint density at radius 1 is 1.09 bits per heavy atom. The second kappa shape index (κ2) is 9.63. The van der Waals surface area contributed by atoms with Crippen LogP contribution < -0.4 is 26.9 Å². The van der Waals surface area contributed by atoms with Crippen molar-refractivity contribution in [2.45, 2.75) is 20.4 Å². The molecule has 1 aromatic carbocycles. The minimum absolute atomic E-state index is 0.0134. The number of benzene rings is 1. The van der Waals surface area contributed by atoms with Gasteiger partial charge in [-0.25, -0.2) is 18.7 Å². The van der Waals surface area contributed by atoms with E-state index >= 15 is 0 Å². The van der Waals surface area contributed by atoms with Crippen molar-refractivity contribution in [1.82, 2.24) is 34.4 Å². The molecule has 3 heterocycles. The third-order valence-electron chi connectivity index (χ3n) is 5.24. The Morgan fingerprint density at radius 3 is 2.57 bits per heavy atom. The van der Waals surface area contributed by atoms with Gasteiger partial charge in [-0.15, -0.1) is 5.10 Å². The van der Waals surface area contributed by atoms with Crippen LogP contribution in [0, 0.1) is 13.8 Å². The maximum Gasteiger partial charge on any atom is 0.333 e. The van der Waals surface area contributed by atoms with Crippen LogP contribution >= 0.6 is 0 Å². The van der Waals surface area contributed by atoms with Crippen LogP contribution in [-0.4, -0.2) is 48.7 Å². The topological polar surface area (TPSA) is 146 Å². The Labute approximate surface area is 198 Å². The number of hydrogen-bond acceptors (Lipinski definition) is 7. The third-order valence-corrected chi connectivity index (χ3v) is 5.24. The molecule has 0 aliphatic rings. The van der Waals surface area contributed by atoms with Gasteiger partial charge in [0.15, 0.2) is 5.82 Å². The number of amides is 1. The van der Waals surface area contributed by atoms with Gasteiger partial charge in [0.05, 0.1) is 25.0 Å². The number of nitrogens with one attached hydrogen (secondary N) is 2. The monoisotopic (exact) mass is 477 g/mol. The van der Waals surface area contributed by atoms with E-state index < -0.39 is 17.2 Å². The van der Waals surface area contributed by atoms with Gasteiger partial charge in [0.1, 0.15) is 11.3 Å². The lowest BCUT2D eigenvalue weighted by Crippen LogP contribution is -2.40. The van der Waals surface area contributed by atoms with Crippen LogP contribution in [0.2, 0.25) is 0 Å². The van der Waals surface area contributed by atoms with E-state index in [2.05, 4.69) is 20.5 Å². The van der Waals surface area contributed by atoms with E-state index in [1.54, 1.807) is 28.9 Å². The molecule has 0 saturated carbocycles. The number of H-pyrrole nitrogens is 1. The fraction of sp³-hybridized carbons (Fsp3) is 0.217. The van der Waals surface area contributed by atoms with Crippen molar-refractivity contribution in [3.8, 4) is 17.3 Å². The maximum absolute atomic E-state index is 13.0. The summed E-state index contributed by atoms with van der Waals surface area (Å²) in [6.07, 6.45) is 1.06. The standard InChI is InChI=1S/C23H23N7O5/c1-14-12-15(2)30(26-14)19-8-9-20(31)28(27-19)11-10-24-21(32)16-13-25-23(34)29(22(16)33)17-6-4-5-7-18(17)35-3/h4-9,12-13H,10-11H2,1-3H3,(H,24,32)(H,25,34). The molecule has 12 nitrogen and oxygen atoms in total. The summed E-state index contributed by atoms with van der Waals surface area (Å²) < 4.78 is 8.87. The molecule has 3 aromatic heterocycles. The Kier molecular flexibility index (Phi) is 6.44. The number of aromatic amines is 1. The zero-order valence-corrected chi connectivity index (χ0v) is 19.3. The first-order chi connectivity index (χ1) is 16.8. The van der Waals surface area contributed by atoms with Gasteiger partial charge in [0, 0.05) is 24.5 Å². The summed E-state index contributed by atoms with van der Waals surface area (Å²) in [5, 5.41) is 11.3. The van der Waals surface area contributed by atoms with Crippen molar-refractivity contribution in [2.75, 3.05) is 13.7 Å². The first kappa shape index (κ1) is 23.4. The first-order valence-corrected chi connectivity index (χ1v) is 10.7. The van der Waals surface area contributed by atoms with Gasteiger partial charge in [-0.3, -0.25) is 14.4 Å². The molecule has 4 aromatic rings. The second-order valence-electron chi connectivity index (χ2n) is 7.67. The van der Waals surface area contributed by atoms with E-state index in [1.807, 2.05) is 19.9 Å². The summed E-state index contributed by atoms with van der Waals surface area (Å²) >= 11 is 0. The van der Waals surface area contributed by atoms with Crippen LogP contribution in [0.15, 0.2) is 63.0 Å². The summed E-state index contributed by atoms with van der Waals surface area (Å²) in [6.45, 7) is 3.80. The fourth-order valence-corrected chi connectivity index (χ4v) is 3.61. The molecule has 0 radical (unpaired) electrons. The van der Waals surface area contributed by atoms with E-state index in [0.717, 1.165) is 22.2 Å². The highest BCUT2D eigenvalue weighted by atomic mass is 16.5. The Hall–Kier alpha value is -4.74. The minimum Gasteiger partial charge on any atom is -0.495 e. The van der Waals surface area contributed by atoms with E-state index in [9.17, 15) is 19.2 Å². The van der Waals surface area contributed by atoms with Crippen molar-refractivity contribution in [2.24, 2.45) is 0 Å². The number of ether oxygens (including phenoxy) is 1. The summed E-state index contributed by atoms with van der Waals surface area (Å²) in [5.41, 5.74) is -0.274. The number of carbonyl (C=O) groups is 1. The zero-order chi connectivity index (χ0) is 25.1. The maximum atomic E-state index is 13.0. The lowest BCUT2D eigenvalue weighted by molar-refractivity contribution is 0.0949.